The molecule has 15 heavy (non-hydrogen) atoms. The van der Waals surface area contributed by atoms with E-state index in [1.807, 2.05) is 31.2 Å². The summed E-state index contributed by atoms with van der Waals surface area (Å²) in [6, 6.07) is 12.2. The molecule has 0 saturated carbocycles. The maximum atomic E-state index is 9.19. The summed E-state index contributed by atoms with van der Waals surface area (Å²) in [5.41, 5.74) is 4.41. The first-order valence-electron chi connectivity index (χ1n) is 5.08. The summed E-state index contributed by atoms with van der Waals surface area (Å²) in [6.07, 6.45) is 0. The number of aliphatic hydroxyl groups excluding tert-OH is 1. The molecule has 0 spiro atoms. The molecule has 78 valence electrons. The third-order valence-corrected chi connectivity index (χ3v) is 2.72. The lowest BCUT2D eigenvalue weighted by Gasteiger charge is -2.09. The normalized spacial score (nSPS) is 10.6. The summed E-state index contributed by atoms with van der Waals surface area (Å²) in [7, 11) is 0. The molecule has 0 aliphatic carbocycles. The molecule has 0 aliphatic heterocycles. The van der Waals surface area contributed by atoms with Crippen LogP contribution >= 0.6 is 0 Å². The Balaban J connectivity index is 2.58. The van der Waals surface area contributed by atoms with Crippen LogP contribution in [0.3, 0.4) is 0 Å². The van der Waals surface area contributed by atoms with Gasteiger partial charge in [0, 0.05) is 17.1 Å². The molecule has 1 aromatic heterocycles. The highest BCUT2D eigenvalue weighted by atomic mass is 16.3. The largest absolute Gasteiger partial charge is 0.392 e. The lowest BCUT2D eigenvalue weighted by atomic mass is 10.2. The van der Waals surface area contributed by atoms with Gasteiger partial charge in [0.15, 0.2) is 0 Å². The average Bonchev–Trinajstić information content (AvgIpc) is 2.55. The van der Waals surface area contributed by atoms with Crippen molar-refractivity contribution in [1.29, 1.82) is 0 Å². The molecule has 1 aromatic carbocycles. The molecular formula is C13H15NO. The van der Waals surface area contributed by atoms with Crippen LogP contribution in [-0.4, -0.2) is 9.67 Å². The number of para-hydroxylation sites is 1. The van der Waals surface area contributed by atoms with E-state index in [-0.39, 0.29) is 6.61 Å². The quantitative estimate of drug-likeness (QED) is 0.793. The van der Waals surface area contributed by atoms with E-state index in [9.17, 15) is 5.11 Å². The lowest BCUT2D eigenvalue weighted by molar-refractivity contribution is 0.281. The topological polar surface area (TPSA) is 25.2 Å². The van der Waals surface area contributed by atoms with Crippen molar-refractivity contribution < 1.29 is 5.11 Å². The predicted molar refractivity (Wildman–Crippen MR) is 61.2 cm³/mol. The SMILES string of the molecule is Cc1cc(CO)c(C)n1-c1ccccc1. The van der Waals surface area contributed by atoms with E-state index in [2.05, 4.69) is 23.6 Å². The van der Waals surface area contributed by atoms with E-state index < -0.39 is 0 Å². The van der Waals surface area contributed by atoms with Gasteiger partial charge in [0.05, 0.1) is 6.61 Å². The molecule has 0 fully saturated rings. The molecule has 0 atom stereocenters. The molecule has 0 unspecified atom stereocenters. The second kappa shape index (κ2) is 3.91. The molecule has 2 nitrogen and oxygen atoms in total. The number of rotatable bonds is 2. The van der Waals surface area contributed by atoms with Crippen LogP contribution in [0.15, 0.2) is 36.4 Å². The molecule has 2 heteroatoms. The fraction of sp³-hybridized carbons (Fsp3) is 0.231. The van der Waals surface area contributed by atoms with Gasteiger partial charge in [-0.3, -0.25) is 0 Å². The molecule has 0 radical (unpaired) electrons. The third-order valence-electron chi connectivity index (χ3n) is 2.72. The fourth-order valence-corrected chi connectivity index (χ4v) is 1.96. The molecule has 1 heterocycles. The van der Waals surface area contributed by atoms with Crippen molar-refractivity contribution in [3.63, 3.8) is 0 Å². The molecule has 1 N–H and O–H groups in total. The maximum Gasteiger partial charge on any atom is 0.0699 e. The number of nitrogens with zero attached hydrogens (tertiary/aromatic N) is 1. The number of hydrogen-bond acceptors (Lipinski definition) is 1. The fourth-order valence-electron chi connectivity index (χ4n) is 1.96. The number of hydrogen-bond donors (Lipinski definition) is 1. The van der Waals surface area contributed by atoms with Crippen LogP contribution in [0.2, 0.25) is 0 Å². The third kappa shape index (κ3) is 1.68. The van der Waals surface area contributed by atoms with Crippen molar-refractivity contribution in [2.75, 3.05) is 0 Å². The van der Waals surface area contributed by atoms with Gasteiger partial charge < -0.3 is 9.67 Å². The maximum absolute atomic E-state index is 9.19. The predicted octanol–water partition coefficient (Wildman–Crippen LogP) is 2.59. The van der Waals surface area contributed by atoms with Gasteiger partial charge in [-0.15, -0.1) is 0 Å². The van der Waals surface area contributed by atoms with Crippen molar-refractivity contribution in [2.24, 2.45) is 0 Å². The zero-order valence-corrected chi connectivity index (χ0v) is 9.07. The van der Waals surface area contributed by atoms with Crippen LogP contribution in [0.5, 0.6) is 0 Å². The van der Waals surface area contributed by atoms with Crippen molar-refractivity contribution >= 4 is 0 Å². The summed E-state index contributed by atoms with van der Waals surface area (Å²) >= 11 is 0. The van der Waals surface area contributed by atoms with E-state index >= 15 is 0 Å². The molecule has 0 saturated heterocycles. The Hall–Kier alpha value is -1.54. The molecule has 2 aromatic rings. The van der Waals surface area contributed by atoms with Gasteiger partial charge in [0.2, 0.25) is 0 Å². The summed E-state index contributed by atoms with van der Waals surface area (Å²) in [5, 5.41) is 9.19. The summed E-state index contributed by atoms with van der Waals surface area (Å²) < 4.78 is 2.16. The van der Waals surface area contributed by atoms with Crippen molar-refractivity contribution in [3.8, 4) is 5.69 Å². The van der Waals surface area contributed by atoms with Gasteiger partial charge in [-0.1, -0.05) is 18.2 Å². The Morgan fingerprint density at radius 2 is 1.80 bits per heavy atom. The van der Waals surface area contributed by atoms with E-state index in [0.29, 0.717) is 0 Å². The van der Waals surface area contributed by atoms with Crippen LogP contribution in [0.4, 0.5) is 0 Å². The first-order chi connectivity index (χ1) is 7.24. The van der Waals surface area contributed by atoms with Crippen molar-refractivity contribution in [2.45, 2.75) is 20.5 Å². The molecule has 0 aliphatic rings. The molecule has 2 rings (SSSR count). The Kier molecular flexibility index (Phi) is 2.60. The second-order valence-electron chi connectivity index (χ2n) is 3.73. The van der Waals surface area contributed by atoms with Crippen LogP contribution in [0.1, 0.15) is 17.0 Å². The minimum Gasteiger partial charge on any atom is -0.392 e. The minimum absolute atomic E-state index is 0.104. The summed E-state index contributed by atoms with van der Waals surface area (Å²) in [6.45, 7) is 4.19. The Morgan fingerprint density at radius 3 is 2.33 bits per heavy atom. The smallest absolute Gasteiger partial charge is 0.0699 e. The average molecular weight is 201 g/mol. The highest BCUT2D eigenvalue weighted by Crippen LogP contribution is 2.20. The zero-order chi connectivity index (χ0) is 10.8. The van der Waals surface area contributed by atoms with Crippen molar-refractivity contribution in [3.05, 3.63) is 53.3 Å². The Labute approximate surface area is 89.8 Å². The number of aryl methyl sites for hydroxylation is 1. The Bertz CT molecular complexity index is 457. The Morgan fingerprint density at radius 1 is 1.13 bits per heavy atom. The first-order valence-corrected chi connectivity index (χ1v) is 5.08. The lowest BCUT2D eigenvalue weighted by Crippen LogP contribution is -1.99. The van der Waals surface area contributed by atoms with Gasteiger partial charge in [-0.2, -0.15) is 0 Å². The highest BCUT2D eigenvalue weighted by Gasteiger charge is 2.08. The highest BCUT2D eigenvalue weighted by molar-refractivity contribution is 5.40. The van der Waals surface area contributed by atoms with Gasteiger partial charge in [0.1, 0.15) is 0 Å². The van der Waals surface area contributed by atoms with Gasteiger partial charge in [-0.05, 0) is 37.6 Å². The number of benzene rings is 1. The van der Waals surface area contributed by atoms with Crippen LogP contribution < -0.4 is 0 Å². The van der Waals surface area contributed by atoms with E-state index in [4.69, 9.17) is 0 Å². The first kappa shape index (κ1) is 9.99. The van der Waals surface area contributed by atoms with Gasteiger partial charge in [0.25, 0.3) is 0 Å². The molecule has 0 amide bonds. The van der Waals surface area contributed by atoms with E-state index in [0.717, 1.165) is 22.6 Å². The van der Waals surface area contributed by atoms with Crippen molar-refractivity contribution in [1.82, 2.24) is 4.57 Å². The van der Waals surface area contributed by atoms with Gasteiger partial charge in [-0.25, -0.2) is 0 Å². The van der Waals surface area contributed by atoms with E-state index in [1.54, 1.807) is 0 Å². The van der Waals surface area contributed by atoms with Crippen LogP contribution in [-0.2, 0) is 6.61 Å². The standard InChI is InChI=1S/C13H15NO/c1-10-8-12(9-15)11(2)14(10)13-6-4-3-5-7-13/h3-8,15H,9H2,1-2H3. The minimum atomic E-state index is 0.104. The van der Waals surface area contributed by atoms with Gasteiger partial charge >= 0.3 is 0 Å². The zero-order valence-electron chi connectivity index (χ0n) is 9.07. The number of aliphatic hydroxyl groups is 1. The van der Waals surface area contributed by atoms with Crippen LogP contribution in [0, 0.1) is 13.8 Å². The number of aromatic nitrogens is 1. The molecular weight excluding hydrogens is 186 g/mol. The van der Waals surface area contributed by atoms with E-state index in [1.165, 1.54) is 0 Å². The monoisotopic (exact) mass is 201 g/mol. The summed E-state index contributed by atoms with van der Waals surface area (Å²) in [5.74, 6) is 0. The second-order valence-corrected chi connectivity index (χ2v) is 3.73. The molecule has 0 bridgehead atoms. The van der Waals surface area contributed by atoms with Crippen LogP contribution in [0.25, 0.3) is 5.69 Å². The summed E-state index contributed by atoms with van der Waals surface area (Å²) in [4.78, 5) is 0.